The van der Waals surface area contributed by atoms with Crippen LogP contribution in [0.1, 0.15) is 12.7 Å². The zero-order valence-electron chi connectivity index (χ0n) is 17.6. The van der Waals surface area contributed by atoms with Crippen LogP contribution >= 0.6 is 23.1 Å². The van der Waals surface area contributed by atoms with Gasteiger partial charge in [0.15, 0.2) is 5.16 Å². The van der Waals surface area contributed by atoms with Crippen LogP contribution in [0.2, 0.25) is 0 Å². The molecule has 0 bridgehead atoms. The molecule has 0 saturated heterocycles. The summed E-state index contributed by atoms with van der Waals surface area (Å²) in [5.41, 5.74) is 1.19. The summed E-state index contributed by atoms with van der Waals surface area (Å²) in [7, 11) is 0. The molecule has 5 aromatic rings. The fourth-order valence-electron chi connectivity index (χ4n) is 3.41. The van der Waals surface area contributed by atoms with Crippen molar-refractivity contribution < 1.29 is 13.6 Å². The Bertz CT molecular complexity index is 1440. The first-order valence-electron chi connectivity index (χ1n) is 10.2. The van der Waals surface area contributed by atoms with E-state index in [4.69, 9.17) is 13.8 Å². The second-order valence-corrected chi connectivity index (χ2v) is 9.40. The number of fused-ring (bicyclic) bond motifs is 1. The van der Waals surface area contributed by atoms with Crippen molar-refractivity contribution in [3.05, 3.63) is 88.6 Å². The van der Waals surface area contributed by atoms with E-state index in [-0.39, 0.29) is 11.5 Å². The number of nitrogens with one attached hydrogen (secondary N) is 1. The predicted octanol–water partition coefficient (Wildman–Crippen LogP) is 5.10. The number of hydrogen-bond acceptors (Lipinski definition) is 7. The van der Waals surface area contributed by atoms with Gasteiger partial charge in [0.05, 0.1) is 35.4 Å². The molecule has 0 radical (unpaired) electrons. The van der Waals surface area contributed by atoms with Crippen LogP contribution in [0.5, 0.6) is 0 Å². The number of carbonyl (C=O) groups excluding carboxylic acids is 1. The maximum absolute atomic E-state index is 13.7. The molecule has 9 heteroatoms. The molecule has 1 aromatic carbocycles. The molecule has 1 N–H and O–H groups in total. The van der Waals surface area contributed by atoms with E-state index in [1.165, 1.54) is 23.1 Å². The number of benzene rings is 1. The molecule has 0 aliphatic rings. The SMILES string of the molecule is C[C@H](Sc1nc2scc(-c3ccco3)c2c(=O)n1-c1ccccc1)C(=O)NCc1ccco1. The molecule has 0 aliphatic carbocycles. The summed E-state index contributed by atoms with van der Waals surface area (Å²) in [4.78, 5) is 31.8. The van der Waals surface area contributed by atoms with Gasteiger partial charge in [-0.2, -0.15) is 0 Å². The van der Waals surface area contributed by atoms with E-state index >= 15 is 0 Å². The second kappa shape index (κ2) is 9.13. The van der Waals surface area contributed by atoms with Gasteiger partial charge in [0, 0.05) is 10.9 Å². The van der Waals surface area contributed by atoms with Crippen molar-refractivity contribution in [2.45, 2.75) is 23.9 Å². The van der Waals surface area contributed by atoms with Crippen LogP contribution in [0.15, 0.2) is 91.3 Å². The summed E-state index contributed by atoms with van der Waals surface area (Å²) in [5.74, 6) is 1.11. The van der Waals surface area contributed by atoms with Crippen LogP contribution < -0.4 is 10.9 Å². The van der Waals surface area contributed by atoms with Crippen molar-refractivity contribution in [1.29, 1.82) is 0 Å². The first-order valence-corrected chi connectivity index (χ1v) is 12.0. The Morgan fingerprint density at radius 3 is 2.64 bits per heavy atom. The first-order chi connectivity index (χ1) is 16.1. The Kier molecular flexibility index (Phi) is 5.89. The van der Waals surface area contributed by atoms with Gasteiger partial charge in [0.1, 0.15) is 16.4 Å². The Morgan fingerprint density at radius 2 is 1.91 bits per heavy atom. The molecule has 166 valence electrons. The maximum atomic E-state index is 13.7. The highest BCUT2D eigenvalue weighted by atomic mass is 32.2. The summed E-state index contributed by atoms with van der Waals surface area (Å²) >= 11 is 2.62. The van der Waals surface area contributed by atoms with Crippen molar-refractivity contribution in [1.82, 2.24) is 14.9 Å². The van der Waals surface area contributed by atoms with Gasteiger partial charge in [-0.05, 0) is 43.3 Å². The van der Waals surface area contributed by atoms with Crippen LogP contribution in [0, 0.1) is 0 Å². The van der Waals surface area contributed by atoms with Crippen LogP contribution in [0.3, 0.4) is 0 Å². The molecule has 0 fully saturated rings. The highest BCUT2D eigenvalue weighted by Gasteiger charge is 2.23. The van der Waals surface area contributed by atoms with Gasteiger partial charge in [0.2, 0.25) is 5.91 Å². The summed E-state index contributed by atoms with van der Waals surface area (Å²) in [6.07, 6.45) is 3.14. The minimum absolute atomic E-state index is 0.173. The molecule has 4 aromatic heterocycles. The van der Waals surface area contributed by atoms with Crippen LogP contribution in [-0.2, 0) is 11.3 Å². The van der Waals surface area contributed by atoms with E-state index in [2.05, 4.69) is 5.32 Å². The van der Waals surface area contributed by atoms with E-state index in [1.54, 1.807) is 42.2 Å². The zero-order chi connectivity index (χ0) is 22.8. The van der Waals surface area contributed by atoms with Gasteiger partial charge in [-0.3, -0.25) is 14.2 Å². The topological polar surface area (TPSA) is 90.3 Å². The monoisotopic (exact) mass is 477 g/mol. The Hall–Kier alpha value is -3.56. The normalized spacial score (nSPS) is 12.2. The third-order valence-electron chi connectivity index (χ3n) is 5.05. The van der Waals surface area contributed by atoms with Gasteiger partial charge in [-0.1, -0.05) is 30.0 Å². The lowest BCUT2D eigenvalue weighted by atomic mass is 10.2. The molecular weight excluding hydrogens is 458 g/mol. The van der Waals surface area contributed by atoms with E-state index in [1.807, 2.05) is 41.8 Å². The third-order valence-corrected chi connectivity index (χ3v) is 6.97. The lowest BCUT2D eigenvalue weighted by molar-refractivity contribution is -0.120. The molecule has 4 heterocycles. The van der Waals surface area contributed by atoms with Gasteiger partial charge in [-0.15, -0.1) is 11.3 Å². The second-order valence-electron chi connectivity index (χ2n) is 7.23. The van der Waals surface area contributed by atoms with Crippen molar-refractivity contribution >= 4 is 39.2 Å². The number of amides is 1. The number of hydrogen-bond donors (Lipinski definition) is 1. The van der Waals surface area contributed by atoms with Gasteiger partial charge >= 0.3 is 0 Å². The number of furan rings is 2. The molecule has 1 atom stereocenters. The Morgan fingerprint density at radius 1 is 1.12 bits per heavy atom. The lowest BCUT2D eigenvalue weighted by Crippen LogP contribution is -2.31. The van der Waals surface area contributed by atoms with E-state index in [0.717, 1.165) is 0 Å². The number of thioether (sulfide) groups is 1. The van der Waals surface area contributed by atoms with Crippen LogP contribution in [0.4, 0.5) is 0 Å². The van der Waals surface area contributed by atoms with Gasteiger partial charge in [0.25, 0.3) is 5.56 Å². The molecule has 0 unspecified atom stereocenters. The van der Waals surface area contributed by atoms with E-state index in [9.17, 15) is 9.59 Å². The molecule has 5 rings (SSSR count). The number of nitrogens with zero attached hydrogens (tertiary/aromatic N) is 2. The molecule has 1 amide bonds. The average molecular weight is 478 g/mol. The largest absolute Gasteiger partial charge is 0.467 e. The molecule has 33 heavy (non-hydrogen) atoms. The van der Waals surface area contributed by atoms with Gasteiger partial charge < -0.3 is 14.2 Å². The lowest BCUT2D eigenvalue weighted by Gasteiger charge is -2.15. The minimum atomic E-state index is -0.483. The van der Waals surface area contributed by atoms with Crippen molar-refractivity contribution in [2.24, 2.45) is 0 Å². The minimum Gasteiger partial charge on any atom is -0.467 e. The number of thiophene rings is 1. The van der Waals surface area contributed by atoms with Crippen molar-refractivity contribution in [3.8, 4) is 17.0 Å². The van der Waals surface area contributed by atoms with E-state index < -0.39 is 5.25 Å². The zero-order valence-corrected chi connectivity index (χ0v) is 19.2. The molecule has 0 spiro atoms. The average Bonchev–Trinajstić information content (AvgIpc) is 3.60. The summed E-state index contributed by atoms with van der Waals surface area (Å²) in [6, 6.07) is 16.5. The van der Waals surface area contributed by atoms with E-state index in [0.29, 0.717) is 44.7 Å². The highest BCUT2D eigenvalue weighted by molar-refractivity contribution is 8.00. The molecule has 7 nitrogen and oxygen atoms in total. The Balaban J connectivity index is 1.54. The summed E-state index contributed by atoms with van der Waals surface area (Å²) in [5, 5.41) is 5.20. The maximum Gasteiger partial charge on any atom is 0.268 e. The Labute approximate surface area is 197 Å². The summed E-state index contributed by atoms with van der Waals surface area (Å²) in [6.45, 7) is 2.09. The van der Waals surface area contributed by atoms with Crippen molar-refractivity contribution in [3.63, 3.8) is 0 Å². The van der Waals surface area contributed by atoms with Crippen LogP contribution in [-0.4, -0.2) is 20.7 Å². The fourth-order valence-corrected chi connectivity index (χ4v) is 5.33. The molecule has 0 aliphatic heterocycles. The predicted molar refractivity (Wildman–Crippen MR) is 129 cm³/mol. The molecule has 0 saturated carbocycles. The quantitative estimate of drug-likeness (QED) is 0.259. The highest BCUT2D eigenvalue weighted by Crippen LogP contribution is 2.34. The van der Waals surface area contributed by atoms with Crippen molar-refractivity contribution in [2.75, 3.05) is 0 Å². The first kappa shape index (κ1) is 21.3. The number of para-hydroxylation sites is 1. The van der Waals surface area contributed by atoms with Crippen LogP contribution in [0.25, 0.3) is 27.2 Å². The third kappa shape index (κ3) is 4.24. The van der Waals surface area contributed by atoms with Gasteiger partial charge in [-0.25, -0.2) is 4.98 Å². The smallest absolute Gasteiger partial charge is 0.268 e. The summed E-state index contributed by atoms with van der Waals surface area (Å²) < 4.78 is 12.4. The fraction of sp³-hybridized carbons (Fsp3) is 0.125. The number of carbonyl (C=O) groups is 1. The standard InChI is InChI=1S/C24H19N3O4S2/c1-15(21(28)25-13-17-9-5-11-30-17)33-24-26-22-20(18(14-32-22)19-10-6-12-31-19)23(29)27(24)16-7-3-2-4-8-16/h2-12,14-15H,13H2,1H3,(H,25,28)/t15-/m0/s1. The number of rotatable bonds is 7. The molecular formula is C24H19N3O4S2. The number of aromatic nitrogens is 2.